The van der Waals surface area contributed by atoms with Crippen molar-refractivity contribution in [2.45, 2.75) is 19.1 Å². The van der Waals surface area contributed by atoms with Gasteiger partial charge in [-0.25, -0.2) is 4.39 Å². The van der Waals surface area contributed by atoms with E-state index in [1.165, 1.54) is 18.2 Å². The molecule has 0 aromatic heterocycles. The van der Waals surface area contributed by atoms with E-state index in [2.05, 4.69) is 0 Å². The summed E-state index contributed by atoms with van der Waals surface area (Å²) in [5.41, 5.74) is 6.00. The number of hydrogen-bond acceptors (Lipinski definition) is 2. The average molecular weight is 204 g/mol. The van der Waals surface area contributed by atoms with Crippen LogP contribution in [-0.4, -0.2) is 11.1 Å². The highest BCUT2D eigenvalue weighted by molar-refractivity contribution is 6.30. The van der Waals surface area contributed by atoms with E-state index < -0.39 is 18.0 Å². The zero-order chi connectivity index (χ0) is 10.0. The summed E-state index contributed by atoms with van der Waals surface area (Å²) < 4.78 is 12.7. The first-order chi connectivity index (χ1) is 6.02. The lowest BCUT2D eigenvalue weighted by Gasteiger charge is -2.14. The maximum atomic E-state index is 12.7. The van der Waals surface area contributed by atoms with Gasteiger partial charge in [0.15, 0.2) is 0 Å². The van der Waals surface area contributed by atoms with Crippen molar-refractivity contribution in [2.75, 3.05) is 0 Å². The lowest BCUT2D eigenvalue weighted by atomic mass is 10.0. The predicted molar refractivity (Wildman–Crippen MR) is 50.0 cm³/mol. The van der Waals surface area contributed by atoms with Gasteiger partial charge in [-0.15, -0.1) is 0 Å². The van der Waals surface area contributed by atoms with Crippen molar-refractivity contribution in [3.8, 4) is 0 Å². The van der Waals surface area contributed by atoms with Crippen LogP contribution >= 0.6 is 11.6 Å². The van der Waals surface area contributed by atoms with Crippen molar-refractivity contribution in [1.29, 1.82) is 0 Å². The summed E-state index contributed by atoms with van der Waals surface area (Å²) in [6, 6.07) is 3.66. The zero-order valence-corrected chi connectivity index (χ0v) is 7.92. The Bertz CT molecular complexity index is 304. The number of nitrogens with two attached hydrogens (primary N) is 1. The minimum atomic E-state index is -0.807. The molecule has 0 fully saturated rings. The minimum absolute atomic E-state index is 0.00259. The second kappa shape index (κ2) is 4.05. The van der Waals surface area contributed by atoms with Crippen LogP contribution in [0.4, 0.5) is 4.39 Å². The molecule has 0 aliphatic heterocycles. The molecule has 0 aliphatic carbocycles. The fourth-order valence-corrected chi connectivity index (χ4v) is 1.19. The molecule has 0 amide bonds. The van der Waals surface area contributed by atoms with E-state index in [0.29, 0.717) is 5.56 Å². The fraction of sp³-hybridized carbons (Fsp3) is 0.333. The highest BCUT2D eigenvalue weighted by Gasteiger charge is 2.13. The number of aliphatic hydroxyl groups is 1. The summed E-state index contributed by atoms with van der Waals surface area (Å²) in [5, 5.41) is 9.50. The van der Waals surface area contributed by atoms with E-state index in [9.17, 15) is 9.50 Å². The summed E-state index contributed by atoms with van der Waals surface area (Å²) in [4.78, 5) is 0. The molecule has 0 aliphatic rings. The van der Waals surface area contributed by atoms with Crippen molar-refractivity contribution in [3.63, 3.8) is 0 Å². The summed E-state index contributed by atoms with van der Waals surface area (Å²) in [6.45, 7) is 1.67. The lowest BCUT2D eigenvalue weighted by molar-refractivity contribution is 0.153. The summed E-state index contributed by atoms with van der Waals surface area (Å²) >= 11 is 5.54. The lowest BCUT2D eigenvalue weighted by Crippen LogP contribution is -2.24. The monoisotopic (exact) mass is 203 g/mol. The first kappa shape index (κ1) is 10.4. The molecule has 0 heterocycles. The van der Waals surface area contributed by atoms with Gasteiger partial charge in [0.25, 0.3) is 0 Å². The molecular weight excluding hydrogens is 193 g/mol. The Balaban J connectivity index is 2.97. The third-order valence-electron chi connectivity index (χ3n) is 1.78. The molecule has 13 heavy (non-hydrogen) atoms. The first-order valence-corrected chi connectivity index (χ1v) is 4.28. The highest BCUT2D eigenvalue weighted by atomic mass is 35.5. The van der Waals surface area contributed by atoms with Crippen LogP contribution < -0.4 is 5.73 Å². The van der Waals surface area contributed by atoms with Crippen LogP contribution in [0.3, 0.4) is 0 Å². The molecule has 4 heteroatoms. The maximum absolute atomic E-state index is 12.7. The largest absolute Gasteiger partial charge is 0.387 e. The molecular formula is C9H11ClFNO. The van der Waals surface area contributed by atoms with Crippen molar-refractivity contribution < 1.29 is 9.50 Å². The first-order valence-electron chi connectivity index (χ1n) is 3.91. The number of hydrogen-bond donors (Lipinski definition) is 2. The van der Waals surface area contributed by atoms with E-state index in [1.807, 2.05) is 0 Å². The maximum Gasteiger partial charge on any atom is 0.141 e. The predicted octanol–water partition coefficient (Wildman–Crippen LogP) is 1.86. The van der Waals surface area contributed by atoms with Crippen LogP contribution in [-0.2, 0) is 0 Å². The molecule has 0 spiro atoms. The topological polar surface area (TPSA) is 46.2 Å². The molecule has 2 nitrogen and oxygen atoms in total. The smallest absolute Gasteiger partial charge is 0.141 e. The second-order valence-corrected chi connectivity index (χ2v) is 3.38. The van der Waals surface area contributed by atoms with Gasteiger partial charge in [0.05, 0.1) is 11.1 Å². The van der Waals surface area contributed by atoms with Crippen molar-refractivity contribution in [3.05, 3.63) is 34.6 Å². The Kier molecular flexibility index (Phi) is 3.25. The third kappa shape index (κ3) is 2.40. The van der Waals surface area contributed by atoms with Gasteiger partial charge in [-0.1, -0.05) is 17.7 Å². The zero-order valence-electron chi connectivity index (χ0n) is 7.17. The molecule has 0 saturated carbocycles. The van der Waals surface area contributed by atoms with Crippen LogP contribution in [0.1, 0.15) is 18.6 Å². The van der Waals surface area contributed by atoms with E-state index in [-0.39, 0.29) is 5.02 Å². The molecule has 1 rings (SSSR count). The number of benzene rings is 1. The van der Waals surface area contributed by atoms with Crippen LogP contribution in [0.5, 0.6) is 0 Å². The second-order valence-electron chi connectivity index (χ2n) is 2.98. The number of aliphatic hydroxyl groups excluding tert-OH is 1. The Morgan fingerprint density at radius 2 is 2.15 bits per heavy atom. The standard InChI is InChI=1S/C9H11ClFNO/c1-5(12)9(13)6-2-3-8(11)7(10)4-6/h2-5,9,13H,12H2,1H3/t5-,9-/m1/s1. The summed E-state index contributed by atoms with van der Waals surface area (Å²) in [5.74, 6) is -0.498. The van der Waals surface area contributed by atoms with Crippen LogP contribution in [0.25, 0.3) is 0 Å². The van der Waals surface area contributed by atoms with Crippen LogP contribution in [0.15, 0.2) is 18.2 Å². The van der Waals surface area contributed by atoms with E-state index in [1.54, 1.807) is 6.92 Å². The Morgan fingerprint density at radius 3 is 2.62 bits per heavy atom. The molecule has 0 bridgehead atoms. The van der Waals surface area contributed by atoms with E-state index in [4.69, 9.17) is 17.3 Å². The normalized spacial score (nSPS) is 15.5. The van der Waals surface area contributed by atoms with Gasteiger partial charge in [0, 0.05) is 6.04 Å². The quantitative estimate of drug-likeness (QED) is 0.771. The van der Waals surface area contributed by atoms with Crippen molar-refractivity contribution in [1.82, 2.24) is 0 Å². The molecule has 0 radical (unpaired) electrons. The molecule has 2 atom stereocenters. The molecule has 1 aromatic carbocycles. The van der Waals surface area contributed by atoms with Gasteiger partial charge in [-0.2, -0.15) is 0 Å². The molecule has 72 valence electrons. The van der Waals surface area contributed by atoms with Crippen LogP contribution in [0.2, 0.25) is 5.02 Å². The van der Waals surface area contributed by atoms with E-state index in [0.717, 1.165) is 0 Å². The Morgan fingerprint density at radius 1 is 1.54 bits per heavy atom. The summed E-state index contributed by atoms with van der Waals surface area (Å²) in [7, 11) is 0. The van der Waals surface area contributed by atoms with Gasteiger partial charge in [-0.05, 0) is 24.6 Å². The average Bonchev–Trinajstić information content (AvgIpc) is 2.08. The van der Waals surface area contributed by atoms with Gasteiger partial charge < -0.3 is 10.8 Å². The van der Waals surface area contributed by atoms with Crippen molar-refractivity contribution in [2.24, 2.45) is 5.73 Å². The highest BCUT2D eigenvalue weighted by Crippen LogP contribution is 2.21. The Hall–Kier alpha value is -0.640. The summed E-state index contributed by atoms with van der Waals surface area (Å²) in [6.07, 6.45) is -0.807. The third-order valence-corrected chi connectivity index (χ3v) is 2.07. The van der Waals surface area contributed by atoms with E-state index >= 15 is 0 Å². The Labute approximate surface area is 81.1 Å². The number of halogens is 2. The molecule has 3 N–H and O–H groups in total. The van der Waals surface area contributed by atoms with Crippen molar-refractivity contribution >= 4 is 11.6 Å². The van der Waals surface area contributed by atoms with Gasteiger partial charge in [0.2, 0.25) is 0 Å². The molecule has 0 saturated heterocycles. The van der Waals surface area contributed by atoms with Gasteiger partial charge in [0.1, 0.15) is 5.82 Å². The van der Waals surface area contributed by atoms with Gasteiger partial charge >= 0.3 is 0 Å². The fourth-order valence-electron chi connectivity index (χ4n) is 1.000. The van der Waals surface area contributed by atoms with Crippen LogP contribution in [0, 0.1) is 5.82 Å². The number of rotatable bonds is 2. The SMILES string of the molecule is C[C@@H](N)[C@@H](O)c1ccc(F)c(Cl)c1. The molecule has 0 unspecified atom stereocenters. The minimum Gasteiger partial charge on any atom is -0.387 e. The van der Waals surface area contributed by atoms with Gasteiger partial charge in [-0.3, -0.25) is 0 Å². The molecule has 1 aromatic rings.